The van der Waals surface area contributed by atoms with Crippen molar-refractivity contribution in [3.63, 3.8) is 0 Å². The molecular formula is C23H29N3O2. The zero-order chi connectivity index (χ0) is 19.9. The van der Waals surface area contributed by atoms with Gasteiger partial charge in [0, 0.05) is 24.7 Å². The van der Waals surface area contributed by atoms with Crippen LogP contribution in [0.4, 0.5) is 10.5 Å². The van der Waals surface area contributed by atoms with Crippen LogP contribution in [0, 0.1) is 11.8 Å². The summed E-state index contributed by atoms with van der Waals surface area (Å²) in [5.41, 5.74) is 1.93. The van der Waals surface area contributed by atoms with Gasteiger partial charge in [-0.2, -0.15) is 0 Å². The molecule has 0 aromatic heterocycles. The Balaban J connectivity index is 1.52. The molecule has 148 valence electrons. The molecule has 0 bridgehead atoms. The van der Waals surface area contributed by atoms with E-state index in [1.165, 1.54) is 0 Å². The topological polar surface area (TPSA) is 61.4 Å². The number of carbonyl (C=O) groups excluding carboxylic acids is 2. The summed E-state index contributed by atoms with van der Waals surface area (Å²) in [6.45, 7) is 5.41. The fraction of sp³-hybridized carbons (Fsp3) is 0.391. The van der Waals surface area contributed by atoms with Crippen molar-refractivity contribution in [1.82, 2.24) is 10.2 Å². The number of urea groups is 1. The molecule has 1 fully saturated rings. The van der Waals surface area contributed by atoms with E-state index >= 15 is 0 Å². The van der Waals surface area contributed by atoms with Gasteiger partial charge in [0.15, 0.2) is 0 Å². The van der Waals surface area contributed by atoms with Gasteiger partial charge in [-0.3, -0.25) is 4.79 Å². The molecule has 28 heavy (non-hydrogen) atoms. The van der Waals surface area contributed by atoms with Crippen LogP contribution >= 0.6 is 0 Å². The second-order valence-electron chi connectivity index (χ2n) is 7.70. The van der Waals surface area contributed by atoms with E-state index in [1.807, 2.05) is 65.6 Å². The number of nitrogens with one attached hydrogen (secondary N) is 2. The summed E-state index contributed by atoms with van der Waals surface area (Å²) < 4.78 is 0. The Bertz CT molecular complexity index is 769. The average molecular weight is 380 g/mol. The molecule has 2 aromatic carbocycles. The number of nitrogens with zero attached hydrogens (tertiary/aromatic N) is 1. The third-order valence-electron chi connectivity index (χ3n) is 5.30. The lowest BCUT2D eigenvalue weighted by atomic mass is 9.95. The fourth-order valence-corrected chi connectivity index (χ4v) is 3.63. The minimum Gasteiger partial charge on any atom is -0.331 e. The standard InChI is InChI=1S/C23H29N3O2/c1-17(2)21(18-9-5-3-6-10-18)25-23(28)26-15-13-19(14-16-26)22(27)24-20-11-7-4-8-12-20/h3-12,17,19,21H,13-16H2,1-2H3,(H,24,27)(H,25,28). The van der Waals surface area contributed by atoms with E-state index in [1.54, 1.807) is 0 Å². The summed E-state index contributed by atoms with van der Waals surface area (Å²) in [4.78, 5) is 27.1. The van der Waals surface area contributed by atoms with Gasteiger partial charge >= 0.3 is 6.03 Å². The van der Waals surface area contributed by atoms with Gasteiger partial charge < -0.3 is 15.5 Å². The highest BCUT2D eigenvalue weighted by Gasteiger charge is 2.29. The first-order valence-corrected chi connectivity index (χ1v) is 10.0. The maximum Gasteiger partial charge on any atom is 0.317 e. The lowest BCUT2D eigenvalue weighted by molar-refractivity contribution is -0.121. The van der Waals surface area contributed by atoms with Crippen molar-refractivity contribution in [3.8, 4) is 0 Å². The van der Waals surface area contributed by atoms with Crippen LogP contribution in [0.3, 0.4) is 0 Å². The summed E-state index contributed by atoms with van der Waals surface area (Å²) in [5.74, 6) is 0.274. The Morgan fingerprint density at radius 1 is 0.929 bits per heavy atom. The van der Waals surface area contributed by atoms with E-state index in [2.05, 4.69) is 24.5 Å². The van der Waals surface area contributed by atoms with Crippen LogP contribution in [-0.4, -0.2) is 29.9 Å². The molecule has 1 heterocycles. The average Bonchev–Trinajstić information content (AvgIpc) is 2.73. The highest BCUT2D eigenvalue weighted by Crippen LogP contribution is 2.23. The number of piperidine rings is 1. The van der Waals surface area contributed by atoms with Crippen molar-refractivity contribution >= 4 is 17.6 Å². The highest BCUT2D eigenvalue weighted by molar-refractivity contribution is 5.92. The quantitative estimate of drug-likeness (QED) is 0.806. The van der Waals surface area contributed by atoms with E-state index in [0.717, 1.165) is 11.3 Å². The summed E-state index contributed by atoms with van der Waals surface area (Å²) in [5, 5.41) is 6.14. The van der Waals surface area contributed by atoms with Crippen molar-refractivity contribution in [2.75, 3.05) is 18.4 Å². The molecule has 1 atom stereocenters. The number of rotatable bonds is 5. The maximum atomic E-state index is 12.8. The predicted octanol–water partition coefficient (Wildman–Crippen LogP) is 4.44. The third kappa shape index (κ3) is 5.12. The van der Waals surface area contributed by atoms with Gasteiger partial charge in [0.1, 0.15) is 0 Å². The molecule has 2 N–H and O–H groups in total. The molecule has 1 saturated heterocycles. The Kier molecular flexibility index (Phi) is 6.69. The van der Waals surface area contributed by atoms with E-state index in [-0.39, 0.29) is 23.9 Å². The Hall–Kier alpha value is -2.82. The monoisotopic (exact) mass is 379 g/mol. The SMILES string of the molecule is CC(C)C(NC(=O)N1CCC(C(=O)Nc2ccccc2)CC1)c1ccccc1. The fourth-order valence-electron chi connectivity index (χ4n) is 3.63. The molecule has 3 rings (SSSR count). The lowest BCUT2D eigenvalue weighted by Crippen LogP contribution is -2.47. The summed E-state index contributed by atoms with van der Waals surface area (Å²) in [7, 11) is 0. The maximum absolute atomic E-state index is 12.8. The first-order valence-electron chi connectivity index (χ1n) is 10.0. The molecule has 1 unspecified atom stereocenters. The van der Waals surface area contributed by atoms with Crippen molar-refractivity contribution in [2.24, 2.45) is 11.8 Å². The smallest absolute Gasteiger partial charge is 0.317 e. The predicted molar refractivity (Wildman–Crippen MR) is 112 cm³/mol. The molecule has 1 aliphatic heterocycles. The molecule has 5 nitrogen and oxygen atoms in total. The molecule has 0 spiro atoms. The normalized spacial score (nSPS) is 15.9. The number of para-hydroxylation sites is 1. The molecule has 5 heteroatoms. The number of benzene rings is 2. The summed E-state index contributed by atoms with van der Waals surface area (Å²) in [6, 6.07) is 19.5. The lowest BCUT2D eigenvalue weighted by Gasteiger charge is -2.33. The Morgan fingerprint density at radius 3 is 2.07 bits per heavy atom. The van der Waals surface area contributed by atoms with E-state index in [9.17, 15) is 9.59 Å². The van der Waals surface area contributed by atoms with Gasteiger partial charge in [-0.25, -0.2) is 4.79 Å². The Morgan fingerprint density at radius 2 is 1.50 bits per heavy atom. The molecule has 0 radical (unpaired) electrons. The van der Waals surface area contributed by atoms with Gasteiger partial charge in [-0.05, 0) is 36.5 Å². The zero-order valence-corrected chi connectivity index (χ0v) is 16.6. The summed E-state index contributed by atoms with van der Waals surface area (Å²) in [6.07, 6.45) is 1.37. The number of hydrogen-bond acceptors (Lipinski definition) is 2. The van der Waals surface area contributed by atoms with Crippen molar-refractivity contribution in [2.45, 2.75) is 32.7 Å². The largest absolute Gasteiger partial charge is 0.331 e. The molecule has 1 aliphatic rings. The number of hydrogen-bond donors (Lipinski definition) is 2. The van der Waals surface area contributed by atoms with Gasteiger partial charge in [-0.15, -0.1) is 0 Å². The second-order valence-corrected chi connectivity index (χ2v) is 7.70. The van der Waals surface area contributed by atoms with Crippen molar-refractivity contribution in [1.29, 1.82) is 0 Å². The molecule has 3 amide bonds. The van der Waals surface area contributed by atoms with Gasteiger partial charge in [0.05, 0.1) is 6.04 Å². The van der Waals surface area contributed by atoms with Crippen LogP contribution in [-0.2, 0) is 4.79 Å². The van der Waals surface area contributed by atoms with Gasteiger partial charge in [-0.1, -0.05) is 62.4 Å². The van der Waals surface area contributed by atoms with Crippen molar-refractivity contribution in [3.05, 3.63) is 66.2 Å². The number of amides is 3. The van der Waals surface area contributed by atoms with Crippen LogP contribution in [0.1, 0.15) is 38.3 Å². The zero-order valence-electron chi connectivity index (χ0n) is 16.6. The second kappa shape index (κ2) is 9.40. The highest BCUT2D eigenvalue weighted by atomic mass is 16.2. The first-order chi connectivity index (χ1) is 13.5. The van der Waals surface area contributed by atoms with E-state index < -0.39 is 0 Å². The molecule has 0 aliphatic carbocycles. The van der Waals surface area contributed by atoms with E-state index in [0.29, 0.717) is 31.8 Å². The molecule has 2 aromatic rings. The van der Waals surface area contributed by atoms with Crippen LogP contribution < -0.4 is 10.6 Å². The molecule has 0 saturated carbocycles. The van der Waals surface area contributed by atoms with Crippen LogP contribution in [0.15, 0.2) is 60.7 Å². The van der Waals surface area contributed by atoms with Gasteiger partial charge in [0.2, 0.25) is 5.91 Å². The van der Waals surface area contributed by atoms with Crippen LogP contribution in [0.5, 0.6) is 0 Å². The Labute approximate surface area is 167 Å². The molecular weight excluding hydrogens is 350 g/mol. The van der Waals surface area contributed by atoms with Crippen LogP contribution in [0.2, 0.25) is 0 Å². The number of carbonyl (C=O) groups is 2. The summed E-state index contributed by atoms with van der Waals surface area (Å²) >= 11 is 0. The van der Waals surface area contributed by atoms with E-state index in [4.69, 9.17) is 0 Å². The van der Waals surface area contributed by atoms with Crippen LogP contribution in [0.25, 0.3) is 0 Å². The van der Waals surface area contributed by atoms with Crippen molar-refractivity contribution < 1.29 is 9.59 Å². The third-order valence-corrected chi connectivity index (χ3v) is 5.30. The first kappa shape index (κ1) is 19.9. The minimum atomic E-state index is -0.0562. The number of anilines is 1. The minimum absolute atomic E-state index is 0.0206. The number of likely N-dealkylation sites (tertiary alicyclic amines) is 1. The van der Waals surface area contributed by atoms with Gasteiger partial charge in [0.25, 0.3) is 0 Å².